The number of morpholine rings is 1. The van der Waals surface area contributed by atoms with Crippen LogP contribution in [0.15, 0.2) is 36.7 Å². The average Bonchev–Trinajstić information content (AvgIpc) is 2.67. The molecule has 26 heavy (non-hydrogen) atoms. The predicted octanol–water partition coefficient (Wildman–Crippen LogP) is 1.56. The highest BCUT2D eigenvalue weighted by Crippen LogP contribution is 2.26. The van der Waals surface area contributed by atoms with E-state index in [1.54, 1.807) is 24.5 Å². The summed E-state index contributed by atoms with van der Waals surface area (Å²) in [5, 5.41) is 11.7. The smallest absolute Gasteiger partial charge is 0.341 e. The maximum Gasteiger partial charge on any atom is 0.341 e. The molecule has 8 heteroatoms. The number of anilines is 1. The molecular formula is C18H22N4O4. The lowest BCUT2D eigenvalue weighted by atomic mass is 10.1. The van der Waals surface area contributed by atoms with Crippen molar-refractivity contribution in [3.05, 3.63) is 47.9 Å². The summed E-state index contributed by atoms with van der Waals surface area (Å²) in [5.41, 5.74) is 1.94. The number of benzene rings is 1. The van der Waals surface area contributed by atoms with Crippen molar-refractivity contribution in [2.75, 3.05) is 38.7 Å². The van der Waals surface area contributed by atoms with Gasteiger partial charge < -0.3 is 19.9 Å². The largest absolute Gasteiger partial charge is 0.482 e. The molecule has 0 saturated carbocycles. The van der Waals surface area contributed by atoms with Gasteiger partial charge in [-0.15, -0.1) is 0 Å². The fourth-order valence-electron chi connectivity index (χ4n) is 2.88. The van der Waals surface area contributed by atoms with E-state index in [-0.39, 0.29) is 12.7 Å². The maximum atomic E-state index is 10.5. The van der Waals surface area contributed by atoms with Gasteiger partial charge in [-0.3, -0.25) is 9.88 Å². The maximum absolute atomic E-state index is 10.5. The van der Waals surface area contributed by atoms with E-state index in [0.29, 0.717) is 12.4 Å². The molecule has 2 aromatic rings. The van der Waals surface area contributed by atoms with Crippen molar-refractivity contribution in [2.24, 2.45) is 0 Å². The van der Waals surface area contributed by atoms with Gasteiger partial charge in [-0.25, -0.2) is 9.78 Å². The van der Waals surface area contributed by atoms with Gasteiger partial charge in [0, 0.05) is 39.1 Å². The van der Waals surface area contributed by atoms with Crippen molar-refractivity contribution in [2.45, 2.75) is 12.6 Å². The van der Waals surface area contributed by atoms with E-state index in [0.717, 1.165) is 36.7 Å². The topological polar surface area (TPSA) is 96.8 Å². The molecule has 1 fully saturated rings. The SMILES string of the molecule is CNc1nccnc1C1CN(Cc2ccc(OCC(=O)O)cc2)CCO1. The Kier molecular flexibility index (Phi) is 5.98. The van der Waals surface area contributed by atoms with Crippen molar-refractivity contribution in [3.8, 4) is 5.75 Å². The monoisotopic (exact) mass is 358 g/mol. The number of nitrogens with one attached hydrogen (secondary N) is 1. The molecule has 1 aliphatic heterocycles. The van der Waals surface area contributed by atoms with Gasteiger partial charge in [0.15, 0.2) is 6.61 Å². The average molecular weight is 358 g/mol. The summed E-state index contributed by atoms with van der Waals surface area (Å²) < 4.78 is 11.0. The van der Waals surface area contributed by atoms with Crippen LogP contribution in [-0.4, -0.2) is 59.3 Å². The molecule has 8 nitrogen and oxygen atoms in total. The highest BCUT2D eigenvalue weighted by atomic mass is 16.5. The van der Waals surface area contributed by atoms with Gasteiger partial charge in [-0.05, 0) is 17.7 Å². The second-order valence-electron chi connectivity index (χ2n) is 5.96. The van der Waals surface area contributed by atoms with Crippen LogP contribution in [0, 0.1) is 0 Å². The summed E-state index contributed by atoms with van der Waals surface area (Å²) in [4.78, 5) is 21.6. The van der Waals surface area contributed by atoms with Crippen molar-refractivity contribution < 1.29 is 19.4 Å². The predicted molar refractivity (Wildman–Crippen MR) is 95.1 cm³/mol. The third-order valence-corrected chi connectivity index (χ3v) is 4.11. The number of hydrogen-bond donors (Lipinski definition) is 2. The van der Waals surface area contributed by atoms with E-state index >= 15 is 0 Å². The van der Waals surface area contributed by atoms with Crippen LogP contribution in [0.4, 0.5) is 5.82 Å². The fourth-order valence-corrected chi connectivity index (χ4v) is 2.88. The summed E-state index contributed by atoms with van der Waals surface area (Å²) >= 11 is 0. The molecule has 1 aromatic heterocycles. The van der Waals surface area contributed by atoms with Crippen LogP contribution in [0.3, 0.4) is 0 Å². The van der Waals surface area contributed by atoms with Gasteiger partial charge in [0.25, 0.3) is 0 Å². The zero-order chi connectivity index (χ0) is 18.4. The Morgan fingerprint density at radius 2 is 2.12 bits per heavy atom. The summed E-state index contributed by atoms with van der Waals surface area (Å²) in [7, 11) is 1.82. The van der Waals surface area contributed by atoms with Gasteiger partial charge in [0.1, 0.15) is 23.4 Å². The Bertz CT molecular complexity index is 738. The molecule has 1 unspecified atom stereocenters. The van der Waals surface area contributed by atoms with Crippen LogP contribution in [0.2, 0.25) is 0 Å². The van der Waals surface area contributed by atoms with Crippen molar-refractivity contribution >= 4 is 11.8 Å². The molecule has 0 spiro atoms. The van der Waals surface area contributed by atoms with E-state index in [9.17, 15) is 4.79 Å². The third-order valence-electron chi connectivity index (χ3n) is 4.11. The Morgan fingerprint density at radius 3 is 2.85 bits per heavy atom. The van der Waals surface area contributed by atoms with Gasteiger partial charge in [0.05, 0.1) is 6.61 Å². The molecular weight excluding hydrogens is 336 g/mol. The van der Waals surface area contributed by atoms with E-state index in [1.165, 1.54) is 0 Å². The quantitative estimate of drug-likeness (QED) is 0.770. The number of aliphatic carboxylic acids is 1. The number of carboxylic acid groups (broad SMARTS) is 1. The van der Waals surface area contributed by atoms with E-state index < -0.39 is 5.97 Å². The molecule has 0 radical (unpaired) electrons. The standard InChI is InChI=1S/C18H22N4O4/c1-19-18-17(20-6-7-21-18)15-11-22(8-9-25-15)10-13-2-4-14(5-3-13)26-12-16(23)24/h2-7,15H,8-12H2,1H3,(H,19,21)(H,23,24). The molecule has 2 N–H and O–H groups in total. The summed E-state index contributed by atoms with van der Waals surface area (Å²) in [6.45, 7) is 2.63. The Labute approximate surface area is 151 Å². The first-order chi connectivity index (χ1) is 12.7. The second-order valence-corrected chi connectivity index (χ2v) is 5.96. The third kappa shape index (κ3) is 4.68. The zero-order valence-electron chi connectivity index (χ0n) is 14.6. The van der Waals surface area contributed by atoms with Crippen LogP contribution < -0.4 is 10.1 Å². The highest BCUT2D eigenvalue weighted by molar-refractivity contribution is 5.68. The van der Waals surface area contributed by atoms with Crippen molar-refractivity contribution in [1.29, 1.82) is 0 Å². The van der Waals surface area contributed by atoms with Gasteiger partial charge in [-0.2, -0.15) is 0 Å². The number of hydrogen-bond acceptors (Lipinski definition) is 7. The fraction of sp³-hybridized carbons (Fsp3) is 0.389. The molecule has 138 valence electrons. The lowest BCUT2D eigenvalue weighted by Crippen LogP contribution is -2.38. The molecule has 0 bridgehead atoms. The minimum atomic E-state index is -0.988. The highest BCUT2D eigenvalue weighted by Gasteiger charge is 2.25. The molecule has 1 aromatic carbocycles. The Balaban J connectivity index is 1.60. The van der Waals surface area contributed by atoms with Crippen LogP contribution in [0.25, 0.3) is 0 Å². The van der Waals surface area contributed by atoms with E-state index in [1.807, 2.05) is 19.2 Å². The number of carboxylic acids is 1. The minimum absolute atomic E-state index is 0.127. The van der Waals surface area contributed by atoms with Gasteiger partial charge in [0.2, 0.25) is 0 Å². The molecule has 2 heterocycles. The number of carbonyl (C=O) groups is 1. The number of aromatic nitrogens is 2. The Hall–Kier alpha value is -2.71. The molecule has 1 atom stereocenters. The number of ether oxygens (including phenoxy) is 2. The van der Waals surface area contributed by atoms with Crippen LogP contribution in [0.5, 0.6) is 5.75 Å². The van der Waals surface area contributed by atoms with Crippen LogP contribution in [0.1, 0.15) is 17.4 Å². The molecule has 0 aliphatic carbocycles. The van der Waals surface area contributed by atoms with E-state index in [2.05, 4.69) is 20.2 Å². The first-order valence-electron chi connectivity index (χ1n) is 8.42. The van der Waals surface area contributed by atoms with Crippen molar-refractivity contribution in [1.82, 2.24) is 14.9 Å². The van der Waals surface area contributed by atoms with Crippen molar-refractivity contribution in [3.63, 3.8) is 0 Å². The molecule has 0 amide bonds. The first-order valence-corrected chi connectivity index (χ1v) is 8.42. The van der Waals surface area contributed by atoms with E-state index in [4.69, 9.17) is 14.6 Å². The number of rotatable bonds is 7. The van der Waals surface area contributed by atoms with Gasteiger partial charge in [-0.1, -0.05) is 12.1 Å². The normalized spacial score (nSPS) is 17.7. The zero-order valence-corrected chi connectivity index (χ0v) is 14.6. The number of nitrogens with zero attached hydrogens (tertiary/aromatic N) is 3. The lowest BCUT2D eigenvalue weighted by Gasteiger charge is -2.33. The minimum Gasteiger partial charge on any atom is -0.482 e. The summed E-state index contributed by atoms with van der Waals surface area (Å²) in [5.74, 6) is 0.298. The second kappa shape index (κ2) is 8.59. The van der Waals surface area contributed by atoms with Crippen LogP contribution in [-0.2, 0) is 16.1 Å². The first kappa shape index (κ1) is 18.1. The molecule has 1 aliphatic rings. The summed E-state index contributed by atoms with van der Waals surface area (Å²) in [6, 6.07) is 7.47. The van der Waals surface area contributed by atoms with Gasteiger partial charge >= 0.3 is 5.97 Å². The lowest BCUT2D eigenvalue weighted by molar-refractivity contribution is -0.139. The van der Waals surface area contributed by atoms with Crippen LogP contribution >= 0.6 is 0 Å². The Morgan fingerprint density at radius 1 is 1.35 bits per heavy atom. The molecule has 1 saturated heterocycles. The summed E-state index contributed by atoms with van der Waals surface area (Å²) in [6.07, 6.45) is 3.20. The molecule has 3 rings (SSSR count).